The van der Waals surface area contributed by atoms with Crippen molar-refractivity contribution in [1.82, 2.24) is 9.21 Å². The summed E-state index contributed by atoms with van der Waals surface area (Å²) in [6.07, 6.45) is 0.731. The average molecular weight is 317 g/mol. The molecule has 2 heterocycles. The number of sulfonamides is 1. The van der Waals surface area contributed by atoms with Crippen molar-refractivity contribution in [2.75, 3.05) is 33.2 Å². The summed E-state index contributed by atoms with van der Waals surface area (Å²) < 4.78 is 27.4. The van der Waals surface area contributed by atoms with E-state index in [9.17, 15) is 8.42 Å². The first-order chi connectivity index (χ1) is 9.27. The van der Waals surface area contributed by atoms with Gasteiger partial charge in [0.2, 0.25) is 0 Å². The monoisotopic (exact) mass is 317 g/mol. The van der Waals surface area contributed by atoms with Gasteiger partial charge in [-0.3, -0.25) is 4.90 Å². The number of nitrogens with two attached hydrogens (primary N) is 1. The molecule has 0 aromatic carbocycles. The van der Waals surface area contributed by atoms with Crippen molar-refractivity contribution >= 4 is 21.4 Å². The van der Waals surface area contributed by atoms with Gasteiger partial charge in [-0.1, -0.05) is 0 Å². The van der Waals surface area contributed by atoms with Crippen molar-refractivity contribution in [2.24, 2.45) is 5.73 Å². The van der Waals surface area contributed by atoms with E-state index < -0.39 is 10.0 Å². The lowest BCUT2D eigenvalue weighted by Gasteiger charge is -2.44. The Morgan fingerprint density at radius 1 is 1.35 bits per heavy atom. The molecule has 2 rings (SSSR count). The van der Waals surface area contributed by atoms with E-state index in [1.54, 1.807) is 10.4 Å². The maximum Gasteiger partial charge on any atom is 0.252 e. The van der Waals surface area contributed by atoms with E-state index in [0.717, 1.165) is 17.8 Å². The lowest BCUT2D eigenvalue weighted by Crippen LogP contribution is -2.58. The fourth-order valence-corrected chi connectivity index (χ4v) is 5.41. The number of likely N-dealkylation sites (N-methyl/N-ethyl adjacent to an activating group) is 1. The topological polar surface area (TPSA) is 66.6 Å². The summed E-state index contributed by atoms with van der Waals surface area (Å²) in [5, 5.41) is 0. The Hall–Kier alpha value is -0.470. The van der Waals surface area contributed by atoms with Crippen LogP contribution in [0.25, 0.3) is 0 Å². The SMILES string of the molecule is CN1CCN(S(=O)(=O)c2ccc(CCN)s2)CC1(C)C. The molecule has 5 nitrogen and oxygen atoms in total. The van der Waals surface area contributed by atoms with Gasteiger partial charge in [-0.05, 0) is 46.0 Å². The van der Waals surface area contributed by atoms with Crippen molar-refractivity contribution in [3.8, 4) is 0 Å². The summed E-state index contributed by atoms with van der Waals surface area (Å²) in [6.45, 7) is 6.52. The van der Waals surface area contributed by atoms with E-state index in [1.807, 2.05) is 13.1 Å². The van der Waals surface area contributed by atoms with Gasteiger partial charge in [0.15, 0.2) is 0 Å². The van der Waals surface area contributed by atoms with Crippen molar-refractivity contribution in [3.05, 3.63) is 17.0 Å². The zero-order valence-electron chi connectivity index (χ0n) is 12.3. The summed E-state index contributed by atoms with van der Waals surface area (Å²) in [7, 11) is -1.33. The van der Waals surface area contributed by atoms with Gasteiger partial charge < -0.3 is 5.73 Å². The third kappa shape index (κ3) is 3.07. The highest BCUT2D eigenvalue weighted by Gasteiger charge is 2.37. The summed E-state index contributed by atoms with van der Waals surface area (Å²) in [5.74, 6) is 0. The van der Waals surface area contributed by atoms with Gasteiger partial charge in [0.25, 0.3) is 10.0 Å². The Kier molecular flexibility index (Phi) is 4.56. The van der Waals surface area contributed by atoms with Crippen LogP contribution in [-0.4, -0.2) is 56.4 Å². The van der Waals surface area contributed by atoms with Gasteiger partial charge in [0, 0.05) is 30.1 Å². The van der Waals surface area contributed by atoms with Gasteiger partial charge in [-0.2, -0.15) is 4.31 Å². The zero-order valence-corrected chi connectivity index (χ0v) is 13.9. The predicted molar refractivity (Wildman–Crippen MR) is 82.5 cm³/mol. The minimum absolute atomic E-state index is 0.136. The van der Waals surface area contributed by atoms with Crippen LogP contribution >= 0.6 is 11.3 Å². The standard InChI is InChI=1S/C13H23N3O2S2/c1-13(2)10-16(9-8-15(13)3)20(17,18)12-5-4-11(19-12)6-7-14/h4-5H,6-10,14H2,1-3H3. The van der Waals surface area contributed by atoms with Gasteiger partial charge >= 0.3 is 0 Å². The van der Waals surface area contributed by atoms with Crippen LogP contribution in [0.15, 0.2) is 16.3 Å². The molecule has 1 aromatic rings. The van der Waals surface area contributed by atoms with Crippen LogP contribution in [0, 0.1) is 0 Å². The highest BCUT2D eigenvalue weighted by Crippen LogP contribution is 2.29. The van der Waals surface area contributed by atoms with Crippen LogP contribution in [0.3, 0.4) is 0 Å². The van der Waals surface area contributed by atoms with E-state index in [4.69, 9.17) is 5.73 Å². The first-order valence-electron chi connectivity index (χ1n) is 6.77. The quantitative estimate of drug-likeness (QED) is 0.898. The number of thiophene rings is 1. The summed E-state index contributed by atoms with van der Waals surface area (Å²) in [6, 6.07) is 3.57. The molecule has 1 aliphatic rings. The van der Waals surface area contributed by atoms with Crippen molar-refractivity contribution in [1.29, 1.82) is 0 Å². The predicted octanol–water partition coefficient (Wildman–Crippen LogP) is 0.964. The van der Waals surface area contributed by atoms with Crippen LogP contribution in [0.4, 0.5) is 0 Å². The van der Waals surface area contributed by atoms with E-state index >= 15 is 0 Å². The number of piperazine rings is 1. The van der Waals surface area contributed by atoms with Crippen LogP contribution in [0.5, 0.6) is 0 Å². The first-order valence-corrected chi connectivity index (χ1v) is 9.03. The molecule has 1 aliphatic heterocycles. The molecule has 0 atom stereocenters. The third-order valence-corrected chi connectivity index (χ3v) is 7.36. The average Bonchev–Trinajstić information content (AvgIpc) is 2.82. The smallest absolute Gasteiger partial charge is 0.252 e. The largest absolute Gasteiger partial charge is 0.330 e. The minimum atomic E-state index is -3.37. The summed E-state index contributed by atoms with van der Waals surface area (Å²) in [5.41, 5.74) is 5.38. The van der Waals surface area contributed by atoms with Crippen molar-refractivity contribution in [3.63, 3.8) is 0 Å². The lowest BCUT2D eigenvalue weighted by molar-refractivity contribution is 0.0802. The molecule has 0 saturated carbocycles. The molecule has 7 heteroatoms. The highest BCUT2D eigenvalue weighted by molar-refractivity contribution is 7.91. The van der Waals surface area contributed by atoms with Crippen molar-refractivity contribution in [2.45, 2.75) is 30.0 Å². The number of nitrogens with zero attached hydrogens (tertiary/aromatic N) is 2. The molecule has 0 unspecified atom stereocenters. The van der Waals surface area contributed by atoms with Crippen molar-refractivity contribution < 1.29 is 8.42 Å². The van der Waals surface area contributed by atoms with Crippen LogP contribution in [0.1, 0.15) is 18.7 Å². The van der Waals surface area contributed by atoms with E-state index in [-0.39, 0.29) is 5.54 Å². The van der Waals surface area contributed by atoms with Crippen LogP contribution in [0.2, 0.25) is 0 Å². The molecule has 1 fully saturated rings. The molecular formula is C13H23N3O2S2. The maximum atomic E-state index is 12.7. The Labute approximate surface area is 125 Å². The Balaban J connectivity index is 2.21. The summed E-state index contributed by atoms with van der Waals surface area (Å²) in [4.78, 5) is 3.23. The number of hydrogen-bond acceptors (Lipinski definition) is 5. The summed E-state index contributed by atoms with van der Waals surface area (Å²) >= 11 is 1.34. The third-order valence-electron chi connectivity index (χ3n) is 3.90. The Morgan fingerprint density at radius 2 is 2.05 bits per heavy atom. The second-order valence-corrected chi connectivity index (χ2v) is 9.17. The Bertz CT molecular complexity index is 566. The molecule has 20 heavy (non-hydrogen) atoms. The van der Waals surface area contributed by atoms with E-state index in [2.05, 4.69) is 18.7 Å². The van der Waals surface area contributed by atoms with E-state index in [0.29, 0.717) is 23.8 Å². The minimum Gasteiger partial charge on any atom is -0.330 e. The number of hydrogen-bond donors (Lipinski definition) is 1. The zero-order chi connectivity index (χ0) is 15.0. The van der Waals surface area contributed by atoms with E-state index in [1.165, 1.54) is 11.3 Å². The Morgan fingerprint density at radius 3 is 2.65 bits per heavy atom. The molecule has 114 valence electrons. The lowest BCUT2D eigenvalue weighted by atomic mass is 10.0. The molecule has 1 aromatic heterocycles. The van der Waals surface area contributed by atoms with Gasteiger partial charge in [0.1, 0.15) is 4.21 Å². The van der Waals surface area contributed by atoms with Crippen LogP contribution in [-0.2, 0) is 16.4 Å². The first kappa shape index (κ1) is 15.9. The second-order valence-electron chi connectivity index (χ2n) is 5.83. The van der Waals surface area contributed by atoms with Gasteiger partial charge in [0.05, 0.1) is 0 Å². The molecule has 0 aliphatic carbocycles. The van der Waals surface area contributed by atoms with Gasteiger partial charge in [-0.15, -0.1) is 11.3 Å². The molecule has 0 amide bonds. The fraction of sp³-hybridized carbons (Fsp3) is 0.692. The molecule has 0 spiro atoms. The van der Waals surface area contributed by atoms with Crippen LogP contribution < -0.4 is 5.73 Å². The normalized spacial score (nSPS) is 21.2. The number of rotatable bonds is 4. The molecule has 0 bridgehead atoms. The molecule has 1 saturated heterocycles. The molecular weight excluding hydrogens is 294 g/mol. The second kappa shape index (κ2) is 5.73. The molecule has 2 N–H and O–H groups in total. The molecule has 0 radical (unpaired) electrons. The fourth-order valence-electron chi connectivity index (χ4n) is 2.30. The maximum absolute atomic E-state index is 12.7. The van der Waals surface area contributed by atoms with Gasteiger partial charge in [-0.25, -0.2) is 8.42 Å². The highest BCUT2D eigenvalue weighted by atomic mass is 32.2.